The summed E-state index contributed by atoms with van der Waals surface area (Å²) in [6.07, 6.45) is 0.578. The van der Waals surface area contributed by atoms with Crippen LogP contribution in [0.1, 0.15) is 31.9 Å². The summed E-state index contributed by atoms with van der Waals surface area (Å²) in [5, 5.41) is 4.30. The first-order chi connectivity index (χ1) is 12.9. The quantitative estimate of drug-likeness (QED) is 0.651. The largest absolute Gasteiger partial charge is 0.444 e. The van der Waals surface area contributed by atoms with Crippen molar-refractivity contribution < 1.29 is 9.53 Å². The van der Waals surface area contributed by atoms with Crippen molar-refractivity contribution >= 4 is 38.5 Å². The third-order valence-electron chi connectivity index (χ3n) is 4.42. The lowest BCUT2D eigenvalue weighted by molar-refractivity contribution is 0.0224. The Bertz CT molecular complexity index is 958. The Balaban J connectivity index is 1.47. The van der Waals surface area contributed by atoms with Crippen LogP contribution in [0, 0.1) is 0 Å². The molecule has 0 bridgehead atoms. The molecule has 2 aromatic carbocycles. The number of hydrogen-bond donors (Lipinski definition) is 1. The van der Waals surface area contributed by atoms with Crippen molar-refractivity contribution in [3.8, 4) is 0 Å². The summed E-state index contributed by atoms with van der Waals surface area (Å²) >= 11 is 1.65. The van der Waals surface area contributed by atoms with Gasteiger partial charge in [-0.3, -0.25) is 0 Å². The zero-order chi connectivity index (χ0) is 19.0. The van der Waals surface area contributed by atoms with Crippen LogP contribution in [0.5, 0.6) is 0 Å². The lowest BCUT2D eigenvalue weighted by atomic mass is 9.99. The normalized spacial score (nSPS) is 14.1. The predicted molar refractivity (Wildman–Crippen MR) is 110 cm³/mol. The first kappa shape index (κ1) is 17.8. The third-order valence-corrected chi connectivity index (χ3v) is 5.37. The molecule has 0 saturated heterocycles. The van der Waals surface area contributed by atoms with Gasteiger partial charge in [-0.05, 0) is 62.6 Å². The lowest BCUT2D eigenvalue weighted by Gasteiger charge is -2.31. The van der Waals surface area contributed by atoms with Gasteiger partial charge < -0.3 is 15.0 Å². The predicted octanol–water partition coefficient (Wildman–Crippen LogP) is 5.33. The molecule has 1 aliphatic rings. The number of thiazole rings is 1. The number of anilines is 2. The molecule has 27 heavy (non-hydrogen) atoms. The third kappa shape index (κ3) is 4.06. The van der Waals surface area contributed by atoms with E-state index in [1.54, 1.807) is 16.2 Å². The van der Waals surface area contributed by atoms with Gasteiger partial charge >= 0.3 is 6.09 Å². The summed E-state index contributed by atoms with van der Waals surface area (Å²) in [7, 11) is 0. The first-order valence-electron chi connectivity index (χ1n) is 9.10. The molecule has 0 fully saturated rings. The fraction of sp³-hybridized carbons (Fsp3) is 0.333. The van der Waals surface area contributed by atoms with Crippen molar-refractivity contribution in [3.05, 3.63) is 53.6 Å². The molecule has 0 aliphatic carbocycles. The number of para-hydroxylation sites is 1. The van der Waals surface area contributed by atoms with Gasteiger partial charge in [0.05, 0.1) is 10.2 Å². The van der Waals surface area contributed by atoms with Gasteiger partial charge in [0, 0.05) is 18.8 Å². The maximum absolute atomic E-state index is 12.3. The van der Waals surface area contributed by atoms with E-state index in [9.17, 15) is 4.79 Å². The number of carbonyl (C=O) groups excluding carboxylic acids is 1. The van der Waals surface area contributed by atoms with Gasteiger partial charge in [-0.1, -0.05) is 29.5 Å². The molecule has 5 nitrogen and oxygen atoms in total. The van der Waals surface area contributed by atoms with Crippen LogP contribution in [0.3, 0.4) is 0 Å². The van der Waals surface area contributed by atoms with Crippen LogP contribution in [-0.2, 0) is 17.7 Å². The molecule has 1 aromatic heterocycles. The maximum Gasteiger partial charge on any atom is 0.410 e. The van der Waals surface area contributed by atoms with Crippen LogP contribution in [0.15, 0.2) is 42.5 Å². The van der Waals surface area contributed by atoms with Crippen LogP contribution >= 0.6 is 11.3 Å². The van der Waals surface area contributed by atoms with Crippen molar-refractivity contribution in [2.24, 2.45) is 0 Å². The summed E-state index contributed by atoms with van der Waals surface area (Å²) in [4.78, 5) is 18.7. The number of fused-ring (bicyclic) bond motifs is 2. The Morgan fingerprint density at radius 2 is 2.00 bits per heavy atom. The number of nitrogens with one attached hydrogen (secondary N) is 1. The summed E-state index contributed by atoms with van der Waals surface area (Å²) in [5.41, 5.74) is 4.00. The Kier molecular flexibility index (Phi) is 4.52. The Morgan fingerprint density at radius 3 is 2.78 bits per heavy atom. The molecular formula is C21H23N3O2S. The number of hydrogen-bond acceptors (Lipinski definition) is 5. The lowest BCUT2D eigenvalue weighted by Crippen LogP contribution is -2.39. The van der Waals surface area contributed by atoms with Crippen LogP contribution in [0.4, 0.5) is 15.6 Å². The van der Waals surface area contributed by atoms with E-state index in [0.29, 0.717) is 13.1 Å². The molecular weight excluding hydrogens is 358 g/mol. The van der Waals surface area contributed by atoms with E-state index in [1.807, 2.05) is 45.0 Å². The Morgan fingerprint density at radius 1 is 1.19 bits per heavy atom. The maximum atomic E-state index is 12.3. The molecule has 4 rings (SSSR count). The minimum atomic E-state index is -0.470. The molecule has 1 amide bonds. The highest BCUT2D eigenvalue weighted by atomic mass is 32.1. The first-order valence-corrected chi connectivity index (χ1v) is 9.91. The summed E-state index contributed by atoms with van der Waals surface area (Å²) in [5.74, 6) is 0. The average Bonchev–Trinajstić information content (AvgIpc) is 3.02. The van der Waals surface area contributed by atoms with Crippen molar-refractivity contribution in [2.45, 2.75) is 39.3 Å². The highest BCUT2D eigenvalue weighted by molar-refractivity contribution is 7.22. The molecule has 0 spiro atoms. The van der Waals surface area contributed by atoms with Crippen molar-refractivity contribution in [3.63, 3.8) is 0 Å². The Hall–Kier alpha value is -2.60. The van der Waals surface area contributed by atoms with Crippen molar-refractivity contribution in [2.75, 3.05) is 11.9 Å². The minimum absolute atomic E-state index is 0.246. The van der Waals surface area contributed by atoms with E-state index in [1.165, 1.54) is 15.8 Å². The van der Waals surface area contributed by atoms with E-state index in [-0.39, 0.29) is 6.09 Å². The van der Waals surface area contributed by atoms with E-state index < -0.39 is 5.60 Å². The van der Waals surface area contributed by atoms with Gasteiger partial charge in [0.25, 0.3) is 0 Å². The number of benzene rings is 2. The van der Waals surface area contributed by atoms with Gasteiger partial charge in [-0.15, -0.1) is 0 Å². The monoisotopic (exact) mass is 381 g/mol. The number of ether oxygens (including phenoxy) is 1. The highest BCUT2D eigenvalue weighted by Gasteiger charge is 2.25. The number of rotatable bonds is 2. The highest BCUT2D eigenvalue weighted by Crippen LogP contribution is 2.30. The Labute approximate surface area is 163 Å². The molecule has 3 aromatic rings. The molecule has 0 saturated carbocycles. The van der Waals surface area contributed by atoms with Crippen LogP contribution in [0.25, 0.3) is 10.2 Å². The number of carbonyl (C=O) groups is 1. The standard InChI is InChI=1S/C21H23N3O2S/c1-21(2,3)26-20(25)24-11-10-14-12-16(9-8-15(14)13-24)22-19-23-17-6-4-5-7-18(17)27-19/h4-9,12H,10-11,13H2,1-3H3,(H,22,23). The van der Waals surface area contributed by atoms with Gasteiger partial charge in [0.2, 0.25) is 0 Å². The summed E-state index contributed by atoms with van der Waals surface area (Å²) < 4.78 is 6.66. The summed E-state index contributed by atoms with van der Waals surface area (Å²) in [6.45, 7) is 6.94. The molecule has 1 aliphatic heterocycles. The minimum Gasteiger partial charge on any atom is -0.444 e. The molecule has 0 atom stereocenters. The number of aromatic nitrogens is 1. The van der Waals surface area contributed by atoms with Gasteiger partial charge in [-0.25, -0.2) is 9.78 Å². The molecule has 0 radical (unpaired) electrons. The second kappa shape index (κ2) is 6.85. The topological polar surface area (TPSA) is 54.5 Å². The summed E-state index contributed by atoms with van der Waals surface area (Å²) in [6, 6.07) is 14.4. The average molecular weight is 382 g/mol. The van der Waals surface area contributed by atoms with Gasteiger partial charge in [-0.2, -0.15) is 0 Å². The molecule has 6 heteroatoms. The fourth-order valence-corrected chi connectivity index (χ4v) is 4.05. The molecule has 2 heterocycles. The fourth-order valence-electron chi connectivity index (χ4n) is 3.16. The number of amides is 1. The van der Waals surface area contributed by atoms with Crippen LogP contribution in [0.2, 0.25) is 0 Å². The SMILES string of the molecule is CC(C)(C)OC(=O)N1CCc2cc(Nc3nc4ccccc4s3)ccc2C1. The zero-order valence-electron chi connectivity index (χ0n) is 15.8. The van der Waals surface area contributed by atoms with Gasteiger partial charge in [0.15, 0.2) is 5.13 Å². The smallest absolute Gasteiger partial charge is 0.410 e. The molecule has 140 valence electrons. The van der Waals surface area contributed by atoms with E-state index >= 15 is 0 Å². The van der Waals surface area contributed by atoms with E-state index in [2.05, 4.69) is 28.5 Å². The van der Waals surface area contributed by atoms with E-state index in [4.69, 9.17) is 4.74 Å². The second-order valence-electron chi connectivity index (χ2n) is 7.75. The van der Waals surface area contributed by atoms with E-state index in [0.717, 1.165) is 22.8 Å². The van der Waals surface area contributed by atoms with Gasteiger partial charge in [0.1, 0.15) is 5.60 Å². The molecule has 1 N–H and O–H groups in total. The van der Waals surface area contributed by atoms with Crippen LogP contribution in [-0.4, -0.2) is 28.1 Å². The molecule has 0 unspecified atom stereocenters. The number of nitrogens with zero attached hydrogens (tertiary/aromatic N) is 2. The zero-order valence-corrected chi connectivity index (χ0v) is 16.6. The van der Waals surface area contributed by atoms with Crippen molar-refractivity contribution in [1.82, 2.24) is 9.88 Å². The second-order valence-corrected chi connectivity index (χ2v) is 8.78. The van der Waals surface area contributed by atoms with Crippen molar-refractivity contribution in [1.29, 1.82) is 0 Å². The van der Waals surface area contributed by atoms with Crippen LogP contribution < -0.4 is 5.32 Å².